The summed E-state index contributed by atoms with van der Waals surface area (Å²) in [6.45, 7) is 4.83. The van der Waals surface area contributed by atoms with E-state index in [9.17, 15) is 13.2 Å². The lowest BCUT2D eigenvalue weighted by molar-refractivity contribution is 0.102. The van der Waals surface area contributed by atoms with E-state index in [-0.39, 0.29) is 25.5 Å². The van der Waals surface area contributed by atoms with Crippen LogP contribution in [0.5, 0.6) is 0 Å². The Balaban J connectivity index is 1.89. The maximum atomic E-state index is 13.0. The topological polar surface area (TPSA) is 66.5 Å². The Bertz CT molecular complexity index is 1050. The number of hydrogen-bond acceptors (Lipinski definition) is 3. The van der Waals surface area contributed by atoms with Gasteiger partial charge in [-0.25, -0.2) is 8.42 Å². The van der Waals surface area contributed by atoms with Gasteiger partial charge in [0.15, 0.2) is 0 Å². The van der Waals surface area contributed by atoms with E-state index in [0.29, 0.717) is 30.3 Å². The maximum absolute atomic E-state index is 13.0. The molecule has 0 radical (unpaired) electrons. The molecule has 1 saturated heterocycles. The number of halogens is 3. The molecule has 0 aromatic heterocycles. The highest BCUT2D eigenvalue weighted by Gasteiger charge is 2.29. The van der Waals surface area contributed by atoms with Gasteiger partial charge in [-0.05, 0) is 55.5 Å². The molecule has 0 spiro atoms. The van der Waals surface area contributed by atoms with Crippen molar-refractivity contribution in [2.24, 2.45) is 5.92 Å². The number of hydrogen-bond donors (Lipinski definition) is 1. The highest BCUT2D eigenvalue weighted by atomic mass is 35.5. The van der Waals surface area contributed by atoms with Crippen LogP contribution in [0.2, 0.25) is 15.1 Å². The number of piperidine rings is 1. The number of carbonyl (C=O) groups is 1. The van der Waals surface area contributed by atoms with Crippen molar-refractivity contribution in [1.29, 1.82) is 0 Å². The summed E-state index contributed by atoms with van der Waals surface area (Å²) in [5.41, 5.74) is 1.19. The molecule has 1 aliphatic rings. The number of carbonyl (C=O) groups excluding carboxylic acids is 1. The third-order valence-electron chi connectivity index (χ3n) is 5.09. The Hall–Kier alpha value is -1.31. The molecular formula is C20H21Cl3N2O3S. The van der Waals surface area contributed by atoms with Crippen molar-refractivity contribution >= 4 is 56.4 Å². The van der Waals surface area contributed by atoms with E-state index in [4.69, 9.17) is 34.8 Å². The fourth-order valence-corrected chi connectivity index (χ4v) is 5.28. The molecule has 5 nitrogen and oxygen atoms in total. The molecule has 2 aromatic carbocycles. The standard InChI is InChI=1S/C20H21Cl3N2O3S/c1-12-5-7-25(8-6-12)29(27,28)14-4-3-13(2)15(9-14)20(26)24-19-11-17(22)16(21)10-18(19)23/h3-4,9-12H,5-8H2,1-2H3,(H,24,26). The van der Waals surface area contributed by atoms with Gasteiger partial charge in [0.25, 0.3) is 5.91 Å². The minimum atomic E-state index is -3.66. The van der Waals surface area contributed by atoms with E-state index in [1.807, 2.05) is 0 Å². The summed E-state index contributed by atoms with van der Waals surface area (Å²) in [7, 11) is -3.66. The summed E-state index contributed by atoms with van der Waals surface area (Å²) in [4.78, 5) is 12.9. The van der Waals surface area contributed by atoms with Gasteiger partial charge in [-0.1, -0.05) is 47.8 Å². The van der Waals surface area contributed by atoms with Crippen molar-refractivity contribution in [3.05, 3.63) is 56.5 Å². The highest BCUT2D eigenvalue weighted by Crippen LogP contribution is 2.33. The molecular weight excluding hydrogens is 455 g/mol. The Morgan fingerprint density at radius 1 is 1.03 bits per heavy atom. The molecule has 1 aliphatic heterocycles. The fraction of sp³-hybridized carbons (Fsp3) is 0.350. The zero-order valence-corrected chi connectivity index (χ0v) is 19.1. The second kappa shape index (κ2) is 8.82. The largest absolute Gasteiger partial charge is 0.321 e. The van der Waals surface area contributed by atoms with E-state index in [1.54, 1.807) is 13.0 Å². The molecule has 1 amide bonds. The molecule has 1 heterocycles. The number of rotatable bonds is 4. The van der Waals surface area contributed by atoms with Crippen molar-refractivity contribution in [2.75, 3.05) is 18.4 Å². The van der Waals surface area contributed by atoms with Gasteiger partial charge in [0.1, 0.15) is 0 Å². The van der Waals surface area contributed by atoms with E-state index in [1.165, 1.54) is 28.6 Å². The summed E-state index contributed by atoms with van der Waals surface area (Å²) in [6.07, 6.45) is 1.66. The van der Waals surface area contributed by atoms with Gasteiger partial charge in [-0.15, -0.1) is 0 Å². The lowest BCUT2D eigenvalue weighted by atomic mass is 10.0. The first kappa shape index (κ1) is 22.4. The molecule has 2 aromatic rings. The van der Waals surface area contributed by atoms with Crippen LogP contribution < -0.4 is 5.32 Å². The number of aryl methyl sites for hydroxylation is 1. The average molecular weight is 476 g/mol. The number of anilines is 1. The first-order chi connectivity index (χ1) is 13.6. The number of amides is 1. The average Bonchev–Trinajstić information content (AvgIpc) is 2.66. The summed E-state index contributed by atoms with van der Waals surface area (Å²) >= 11 is 18.0. The van der Waals surface area contributed by atoms with Crippen molar-refractivity contribution in [2.45, 2.75) is 31.6 Å². The molecule has 0 atom stereocenters. The number of nitrogens with zero attached hydrogens (tertiary/aromatic N) is 1. The van der Waals surface area contributed by atoms with Gasteiger partial charge >= 0.3 is 0 Å². The van der Waals surface area contributed by atoms with E-state index >= 15 is 0 Å². The van der Waals surface area contributed by atoms with Crippen molar-refractivity contribution < 1.29 is 13.2 Å². The summed E-state index contributed by atoms with van der Waals surface area (Å²) in [6, 6.07) is 7.46. The van der Waals surface area contributed by atoms with Crippen LogP contribution in [0, 0.1) is 12.8 Å². The van der Waals surface area contributed by atoms with Gasteiger partial charge < -0.3 is 5.32 Å². The molecule has 0 unspecified atom stereocenters. The lowest BCUT2D eigenvalue weighted by Crippen LogP contribution is -2.38. The van der Waals surface area contributed by atoms with Crippen LogP contribution in [0.25, 0.3) is 0 Å². The van der Waals surface area contributed by atoms with Crippen molar-refractivity contribution in [3.63, 3.8) is 0 Å². The first-order valence-corrected chi connectivity index (χ1v) is 11.7. The van der Waals surface area contributed by atoms with Crippen molar-refractivity contribution in [3.8, 4) is 0 Å². The van der Waals surface area contributed by atoms with Gasteiger partial charge in [0, 0.05) is 18.7 Å². The minimum absolute atomic E-state index is 0.100. The smallest absolute Gasteiger partial charge is 0.256 e. The lowest BCUT2D eigenvalue weighted by Gasteiger charge is -2.29. The molecule has 3 rings (SSSR count). The number of nitrogens with one attached hydrogen (secondary N) is 1. The maximum Gasteiger partial charge on any atom is 0.256 e. The summed E-state index contributed by atoms with van der Waals surface area (Å²) in [5.74, 6) is 0.0314. The molecule has 156 valence electrons. The normalized spacial score (nSPS) is 16.0. The van der Waals surface area contributed by atoms with Crippen LogP contribution >= 0.6 is 34.8 Å². The summed E-state index contributed by atoms with van der Waals surface area (Å²) in [5, 5.41) is 3.43. The predicted octanol–water partition coefficient (Wildman–Crippen LogP) is 5.63. The van der Waals surface area contributed by atoms with E-state index in [2.05, 4.69) is 12.2 Å². The third kappa shape index (κ3) is 4.89. The number of sulfonamides is 1. The molecule has 1 fully saturated rings. The monoisotopic (exact) mass is 474 g/mol. The van der Waals surface area contributed by atoms with Crippen LogP contribution in [0.15, 0.2) is 35.2 Å². The van der Waals surface area contributed by atoms with Crippen LogP contribution in [0.1, 0.15) is 35.7 Å². The Morgan fingerprint density at radius 2 is 1.66 bits per heavy atom. The Morgan fingerprint density at radius 3 is 2.31 bits per heavy atom. The molecule has 9 heteroatoms. The second-order valence-corrected chi connectivity index (χ2v) is 10.4. The zero-order valence-electron chi connectivity index (χ0n) is 16.0. The Labute approximate surface area is 186 Å². The molecule has 0 aliphatic carbocycles. The van der Waals surface area contributed by atoms with Crippen LogP contribution in [-0.4, -0.2) is 31.7 Å². The van der Waals surface area contributed by atoms with E-state index in [0.717, 1.165) is 12.8 Å². The van der Waals surface area contributed by atoms with Gasteiger partial charge in [-0.2, -0.15) is 4.31 Å². The molecule has 0 saturated carbocycles. The predicted molar refractivity (Wildman–Crippen MR) is 118 cm³/mol. The Kier molecular flexibility index (Phi) is 6.81. The van der Waals surface area contributed by atoms with Gasteiger partial charge in [0.2, 0.25) is 10.0 Å². The van der Waals surface area contributed by atoms with E-state index < -0.39 is 15.9 Å². The SMILES string of the molecule is Cc1ccc(S(=O)(=O)N2CCC(C)CC2)cc1C(=O)Nc1cc(Cl)c(Cl)cc1Cl. The van der Waals surface area contributed by atoms with Crippen molar-refractivity contribution in [1.82, 2.24) is 4.31 Å². The molecule has 1 N–H and O–H groups in total. The quantitative estimate of drug-likeness (QED) is 0.583. The second-order valence-electron chi connectivity index (χ2n) is 7.26. The van der Waals surface area contributed by atoms with Crippen LogP contribution in [0.3, 0.4) is 0 Å². The third-order valence-corrected chi connectivity index (χ3v) is 8.02. The molecule has 29 heavy (non-hydrogen) atoms. The minimum Gasteiger partial charge on any atom is -0.321 e. The highest BCUT2D eigenvalue weighted by molar-refractivity contribution is 7.89. The van der Waals surface area contributed by atoms with Crippen LogP contribution in [-0.2, 0) is 10.0 Å². The van der Waals surface area contributed by atoms with Crippen LogP contribution in [0.4, 0.5) is 5.69 Å². The van der Waals surface area contributed by atoms with Gasteiger partial charge in [-0.3, -0.25) is 4.79 Å². The zero-order chi connectivity index (χ0) is 21.3. The summed E-state index contributed by atoms with van der Waals surface area (Å²) < 4.78 is 27.5. The first-order valence-electron chi connectivity index (χ1n) is 9.16. The van der Waals surface area contributed by atoms with Gasteiger partial charge in [0.05, 0.1) is 25.7 Å². The fourth-order valence-electron chi connectivity index (χ4n) is 3.19. The molecule has 0 bridgehead atoms. The number of benzene rings is 2.